The number of benzene rings is 2. The van der Waals surface area contributed by atoms with Crippen molar-refractivity contribution in [2.45, 2.75) is 17.9 Å². The molecule has 3 rings (SSSR count). The molecule has 6 nitrogen and oxygen atoms in total. The molecule has 1 heterocycles. The van der Waals surface area contributed by atoms with Gasteiger partial charge in [0.25, 0.3) is 5.91 Å². The number of carbonyl (C=O) groups excluding carboxylic acids is 1. The molecule has 1 amide bonds. The molecule has 2 aromatic rings. The van der Waals surface area contributed by atoms with Gasteiger partial charge < -0.3 is 10.2 Å². The van der Waals surface area contributed by atoms with Crippen LogP contribution in [0.5, 0.6) is 0 Å². The molecule has 1 fully saturated rings. The zero-order valence-corrected chi connectivity index (χ0v) is 16.2. The summed E-state index contributed by atoms with van der Waals surface area (Å²) in [5, 5.41) is 2.83. The Morgan fingerprint density at radius 1 is 1.04 bits per heavy atom. The molecule has 0 aliphatic carbocycles. The van der Waals surface area contributed by atoms with E-state index >= 15 is 0 Å². The first-order valence-corrected chi connectivity index (χ1v) is 10.4. The topological polar surface area (TPSA) is 70.9 Å². The second kappa shape index (κ2) is 8.34. The summed E-state index contributed by atoms with van der Waals surface area (Å²) in [6.45, 7) is 2.65. The van der Waals surface area contributed by atoms with Crippen LogP contribution in [0.3, 0.4) is 0 Å². The summed E-state index contributed by atoms with van der Waals surface area (Å²) in [4.78, 5) is 12.4. The summed E-state index contributed by atoms with van der Waals surface area (Å²) in [6, 6.07) is 11.6. The second-order valence-electron chi connectivity index (χ2n) is 6.69. The Bertz CT molecular complexity index is 926. The number of rotatable bonds is 5. The van der Waals surface area contributed by atoms with Crippen molar-refractivity contribution in [3.63, 3.8) is 0 Å². The van der Waals surface area contributed by atoms with Crippen molar-refractivity contribution in [2.24, 2.45) is 0 Å². The van der Waals surface area contributed by atoms with Gasteiger partial charge in [-0.3, -0.25) is 4.79 Å². The van der Waals surface area contributed by atoms with Crippen molar-refractivity contribution in [3.05, 3.63) is 60.2 Å². The number of nitrogens with one attached hydrogen (secondary N) is 2. The van der Waals surface area contributed by atoms with Crippen LogP contribution in [0.25, 0.3) is 0 Å². The zero-order valence-electron chi connectivity index (χ0n) is 15.4. The lowest BCUT2D eigenvalue weighted by Crippen LogP contribution is -3.19. The number of hydrogen-bond donors (Lipinski definition) is 2. The summed E-state index contributed by atoms with van der Waals surface area (Å²) >= 11 is 0. The molecule has 9 heteroatoms. The minimum atomic E-state index is -4.27. The maximum atomic E-state index is 13.9. The van der Waals surface area contributed by atoms with E-state index in [1.165, 1.54) is 0 Å². The molecular formula is C19H22F2N3O3S+. The van der Waals surface area contributed by atoms with Crippen LogP contribution in [0.1, 0.15) is 6.92 Å². The number of carbonyl (C=O) groups is 1. The van der Waals surface area contributed by atoms with Crippen LogP contribution in [0, 0.1) is 11.6 Å². The van der Waals surface area contributed by atoms with Gasteiger partial charge in [-0.05, 0) is 31.2 Å². The maximum Gasteiger partial charge on any atom is 0.282 e. The third kappa shape index (κ3) is 4.21. The van der Waals surface area contributed by atoms with Crippen LogP contribution >= 0.6 is 0 Å². The molecule has 1 aliphatic rings. The van der Waals surface area contributed by atoms with Crippen LogP contribution in [0.4, 0.5) is 14.5 Å². The maximum absolute atomic E-state index is 13.9. The average molecular weight is 410 g/mol. The Labute approximate surface area is 162 Å². The monoisotopic (exact) mass is 410 g/mol. The number of anilines is 1. The first kappa shape index (κ1) is 20.4. The number of piperazine rings is 1. The second-order valence-corrected chi connectivity index (χ2v) is 8.56. The van der Waals surface area contributed by atoms with Crippen molar-refractivity contribution >= 4 is 21.6 Å². The van der Waals surface area contributed by atoms with E-state index in [1.54, 1.807) is 19.1 Å². The molecule has 28 heavy (non-hydrogen) atoms. The highest BCUT2D eigenvalue weighted by atomic mass is 32.2. The van der Waals surface area contributed by atoms with E-state index in [9.17, 15) is 22.0 Å². The third-order valence-electron chi connectivity index (χ3n) is 4.93. The Balaban J connectivity index is 1.64. The highest BCUT2D eigenvalue weighted by molar-refractivity contribution is 7.89. The fourth-order valence-corrected chi connectivity index (χ4v) is 4.81. The van der Waals surface area contributed by atoms with Crippen molar-refractivity contribution < 1.29 is 26.9 Å². The van der Waals surface area contributed by atoms with Gasteiger partial charge >= 0.3 is 0 Å². The Morgan fingerprint density at radius 2 is 1.61 bits per heavy atom. The molecule has 1 atom stereocenters. The fourth-order valence-electron chi connectivity index (χ4n) is 3.26. The van der Waals surface area contributed by atoms with Crippen molar-refractivity contribution in [3.8, 4) is 0 Å². The number of nitrogens with zero attached hydrogens (tertiary/aromatic N) is 1. The third-order valence-corrected chi connectivity index (χ3v) is 6.88. The quantitative estimate of drug-likeness (QED) is 0.769. The fraction of sp³-hybridized carbons (Fsp3) is 0.316. The van der Waals surface area contributed by atoms with E-state index in [2.05, 4.69) is 5.32 Å². The van der Waals surface area contributed by atoms with Gasteiger partial charge in [0.1, 0.15) is 11.6 Å². The predicted molar refractivity (Wildman–Crippen MR) is 100 cm³/mol. The number of hydrogen-bond acceptors (Lipinski definition) is 3. The normalized spacial score (nSPS) is 17.2. The van der Waals surface area contributed by atoms with Gasteiger partial charge in [-0.25, -0.2) is 17.2 Å². The Morgan fingerprint density at radius 3 is 2.18 bits per heavy atom. The van der Waals surface area contributed by atoms with Gasteiger partial charge in [0, 0.05) is 5.69 Å². The lowest BCUT2D eigenvalue weighted by atomic mass is 10.2. The lowest BCUT2D eigenvalue weighted by molar-refractivity contribution is -0.917. The largest absolute Gasteiger partial charge is 0.323 e. The van der Waals surface area contributed by atoms with E-state index in [4.69, 9.17) is 0 Å². The molecule has 0 bridgehead atoms. The molecule has 0 saturated carbocycles. The van der Waals surface area contributed by atoms with Crippen molar-refractivity contribution in [1.29, 1.82) is 0 Å². The van der Waals surface area contributed by atoms with Gasteiger partial charge in [-0.1, -0.05) is 24.3 Å². The molecule has 0 spiro atoms. The summed E-state index contributed by atoms with van der Waals surface area (Å²) in [6.07, 6.45) is 0. The van der Waals surface area contributed by atoms with Gasteiger partial charge in [0.2, 0.25) is 10.0 Å². The first-order valence-electron chi connectivity index (χ1n) is 8.95. The van der Waals surface area contributed by atoms with E-state index in [-0.39, 0.29) is 19.0 Å². The smallest absolute Gasteiger partial charge is 0.282 e. The van der Waals surface area contributed by atoms with E-state index in [1.807, 2.05) is 18.2 Å². The van der Waals surface area contributed by atoms with Gasteiger partial charge in [0.05, 0.1) is 26.2 Å². The molecule has 0 unspecified atom stereocenters. The predicted octanol–water partition coefficient (Wildman–Crippen LogP) is 0.881. The van der Waals surface area contributed by atoms with Crippen LogP contribution in [-0.4, -0.2) is 50.9 Å². The standard InChI is InChI=1S/C19H21F2N3O3S/c1-14(19(25)22-15-6-3-2-4-7-15)23-10-12-24(13-11-23)28(26,27)18-16(20)8-5-9-17(18)21/h2-9,14H,10-13H2,1H3,(H,22,25)/p+1/t14-/m0/s1. The summed E-state index contributed by atoms with van der Waals surface area (Å²) < 4.78 is 54.2. The molecule has 2 aromatic carbocycles. The number of halogens is 2. The minimum absolute atomic E-state index is 0.0778. The van der Waals surface area contributed by atoms with Crippen LogP contribution in [0.2, 0.25) is 0 Å². The zero-order chi connectivity index (χ0) is 20.3. The molecule has 0 aromatic heterocycles. The summed E-state index contributed by atoms with van der Waals surface area (Å²) in [5.41, 5.74) is 0.690. The lowest BCUT2D eigenvalue weighted by Gasteiger charge is -2.34. The molecule has 0 radical (unpaired) electrons. The van der Waals surface area contributed by atoms with E-state index in [0.717, 1.165) is 27.4 Å². The highest BCUT2D eigenvalue weighted by Crippen LogP contribution is 2.22. The van der Waals surface area contributed by atoms with Gasteiger partial charge in [-0.15, -0.1) is 0 Å². The van der Waals surface area contributed by atoms with Crippen LogP contribution < -0.4 is 10.2 Å². The first-order chi connectivity index (χ1) is 13.3. The Kier molecular flexibility index (Phi) is 6.07. The Hall–Kier alpha value is -2.36. The average Bonchev–Trinajstić information content (AvgIpc) is 2.68. The molecule has 150 valence electrons. The van der Waals surface area contributed by atoms with Gasteiger partial charge in [-0.2, -0.15) is 4.31 Å². The highest BCUT2D eigenvalue weighted by Gasteiger charge is 2.36. The van der Waals surface area contributed by atoms with Gasteiger partial charge in [0.15, 0.2) is 10.9 Å². The summed E-state index contributed by atoms with van der Waals surface area (Å²) in [7, 11) is -4.27. The molecule has 1 aliphatic heterocycles. The molecule has 2 N–H and O–H groups in total. The number of quaternary nitrogens is 1. The van der Waals surface area contributed by atoms with E-state index in [0.29, 0.717) is 18.8 Å². The molecule has 1 saturated heterocycles. The minimum Gasteiger partial charge on any atom is -0.323 e. The summed E-state index contributed by atoms with van der Waals surface area (Å²) in [5.74, 6) is -2.38. The number of amides is 1. The van der Waals surface area contributed by atoms with Crippen LogP contribution in [0.15, 0.2) is 53.4 Å². The molecular weight excluding hydrogens is 388 g/mol. The number of sulfonamides is 1. The van der Waals surface area contributed by atoms with Crippen molar-refractivity contribution in [1.82, 2.24) is 4.31 Å². The van der Waals surface area contributed by atoms with E-state index < -0.39 is 32.6 Å². The number of para-hydroxylation sites is 1. The van der Waals surface area contributed by atoms with Crippen molar-refractivity contribution in [2.75, 3.05) is 31.5 Å². The van der Waals surface area contributed by atoms with Crippen LogP contribution in [-0.2, 0) is 14.8 Å². The SMILES string of the molecule is C[C@@H](C(=O)Nc1ccccc1)[NH+]1CCN(S(=O)(=O)c2c(F)cccc2F)CC1.